The number of benzene rings is 1. The number of rotatable bonds is 1. The molecule has 0 N–H and O–H groups in total. The molecule has 1 aliphatic rings. The van der Waals surface area contributed by atoms with E-state index in [0.29, 0.717) is 6.04 Å². The number of hydrogen-bond donors (Lipinski definition) is 0. The second-order valence-electron chi connectivity index (χ2n) is 4.72. The first-order valence-corrected chi connectivity index (χ1v) is 5.99. The lowest BCUT2D eigenvalue weighted by Crippen LogP contribution is -2.42. The summed E-state index contributed by atoms with van der Waals surface area (Å²) >= 11 is 0. The third kappa shape index (κ3) is 2.04. The van der Waals surface area contributed by atoms with Crippen molar-refractivity contribution < 1.29 is 0 Å². The first-order valence-electron chi connectivity index (χ1n) is 5.99. The Bertz CT molecular complexity index is 405. The normalized spacial score (nSPS) is 25.2. The van der Waals surface area contributed by atoms with Crippen LogP contribution in [-0.2, 0) is 0 Å². The molecule has 0 spiro atoms. The quantitative estimate of drug-likeness (QED) is 0.718. The van der Waals surface area contributed by atoms with Crippen LogP contribution in [0.25, 0.3) is 0 Å². The van der Waals surface area contributed by atoms with E-state index in [1.807, 2.05) is 18.2 Å². The third-order valence-corrected chi connectivity index (χ3v) is 3.68. The standard InChI is InChI=1S/C14H18N2/c1-11-5-4-8-16(12(11)2)14-7-3-6-13(9-14)10-15/h3,6-7,9,11-12H,4-5,8H2,1-2H3. The Morgan fingerprint density at radius 1 is 1.38 bits per heavy atom. The molecular formula is C14H18N2. The van der Waals surface area contributed by atoms with Gasteiger partial charge in [-0.25, -0.2) is 0 Å². The van der Waals surface area contributed by atoms with Gasteiger partial charge in [0.05, 0.1) is 11.6 Å². The van der Waals surface area contributed by atoms with Crippen molar-refractivity contribution in [1.82, 2.24) is 0 Å². The minimum atomic E-state index is 0.572. The molecule has 1 aliphatic heterocycles. The maximum absolute atomic E-state index is 8.91. The number of piperidine rings is 1. The summed E-state index contributed by atoms with van der Waals surface area (Å²) in [5.74, 6) is 0.736. The summed E-state index contributed by atoms with van der Waals surface area (Å²) in [4.78, 5) is 2.43. The summed E-state index contributed by atoms with van der Waals surface area (Å²) in [6.45, 7) is 5.70. The molecule has 2 unspecified atom stereocenters. The maximum Gasteiger partial charge on any atom is 0.0992 e. The van der Waals surface area contributed by atoms with Gasteiger partial charge in [-0.2, -0.15) is 5.26 Å². The lowest BCUT2D eigenvalue weighted by atomic mass is 9.91. The zero-order valence-corrected chi connectivity index (χ0v) is 9.98. The van der Waals surface area contributed by atoms with Crippen LogP contribution in [0.4, 0.5) is 5.69 Å². The lowest BCUT2D eigenvalue weighted by Gasteiger charge is -2.39. The van der Waals surface area contributed by atoms with Gasteiger partial charge in [-0.1, -0.05) is 13.0 Å². The van der Waals surface area contributed by atoms with E-state index in [1.165, 1.54) is 18.5 Å². The summed E-state index contributed by atoms with van der Waals surface area (Å²) in [7, 11) is 0. The highest BCUT2D eigenvalue weighted by molar-refractivity contribution is 5.52. The van der Waals surface area contributed by atoms with Crippen molar-refractivity contribution in [2.75, 3.05) is 11.4 Å². The molecule has 1 heterocycles. The largest absolute Gasteiger partial charge is 0.369 e. The van der Waals surface area contributed by atoms with Gasteiger partial charge in [-0.05, 0) is 43.9 Å². The molecule has 1 aromatic rings. The van der Waals surface area contributed by atoms with Gasteiger partial charge >= 0.3 is 0 Å². The third-order valence-electron chi connectivity index (χ3n) is 3.68. The Balaban J connectivity index is 2.26. The summed E-state index contributed by atoms with van der Waals surface area (Å²) in [6, 6.07) is 10.7. The van der Waals surface area contributed by atoms with Crippen LogP contribution in [0.5, 0.6) is 0 Å². The molecule has 84 valence electrons. The average Bonchev–Trinajstić information content (AvgIpc) is 2.33. The number of nitriles is 1. The molecule has 2 rings (SSSR count). The summed E-state index contributed by atoms with van der Waals surface area (Å²) < 4.78 is 0. The first-order chi connectivity index (χ1) is 7.72. The van der Waals surface area contributed by atoms with Crippen molar-refractivity contribution in [3.63, 3.8) is 0 Å². The molecular weight excluding hydrogens is 196 g/mol. The van der Waals surface area contributed by atoms with Gasteiger partial charge in [0.15, 0.2) is 0 Å². The Labute approximate surface area is 97.5 Å². The van der Waals surface area contributed by atoms with Gasteiger partial charge in [0.1, 0.15) is 0 Å². The Kier molecular flexibility index (Phi) is 3.14. The molecule has 2 nitrogen and oxygen atoms in total. The van der Waals surface area contributed by atoms with E-state index in [1.54, 1.807) is 0 Å². The van der Waals surface area contributed by atoms with Crippen LogP contribution in [0.1, 0.15) is 32.3 Å². The Hall–Kier alpha value is -1.49. The zero-order chi connectivity index (χ0) is 11.5. The van der Waals surface area contributed by atoms with Crippen molar-refractivity contribution in [3.8, 4) is 6.07 Å². The molecule has 16 heavy (non-hydrogen) atoms. The Morgan fingerprint density at radius 2 is 2.19 bits per heavy atom. The van der Waals surface area contributed by atoms with Crippen LogP contribution in [0.2, 0.25) is 0 Å². The molecule has 0 amide bonds. The monoisotopic (exact) mass is 214 g/mol. The molecule has 2 atom stereocenters. The highest BCUT2D eigenvalue weighted by Crippen LogP contribution is 2.28. The van der Waals surface area contributed by atoms with Crippen molar-refractivity contribution in [3.05, 3.63) is 29.8 Å². The summed E-state index contributed by atoms with van der Waals surface area (Å²) in [5, 5.41) is 8.91. The van der Waals surface area contributed by atoms with Crippen molar-refractivity contribution in [2.45, 2.75) is 32.7 Å². The van der Waals surface area contributed by atoms with Gasteiger partial charge in [0, 0.05) is 18.3 Å². The van der Waals surface area contributed by atoms with Crippen molar-refractivity contribution in [2.24, 2.45) is 5.92 Å². The second kappa shape index (κ2) is 4.57. The molecule has 0 aliphatic carbocycles. The SMILES string of the molecule is CC1CCCN(c2cccc(C#N)c2)C1C. The van der Waals surface area contributed by atoms with Crippen LogP contribution in [0.15, 0.2) is 24.3 Å². The van der Waals surface area contributed by atoms with Gasteiger partial charge < -0.3 is 4.90 Å². The van der Waals surface area contributed by atoms with Crippen LogP contribution in [-0.4, -0.2) is 12.6 Å². The van der Waals surface area contributed by atoms with E-state index >= 15 is 0 Å². The molecule has 0 saturated carbocycles. The molecule has 1 fully saturated rings. The molecule has 1 aromatic carbocycles. The van der Waals surface area contributed by atoms with Gasteiger partial charge in [-0.15, -0.1) is 0 Å². The molecule has 1 saturated heterocycles. The smallest absolute Gasteiger partial charge is 0.0992 e. The number of anilines is 1. The zero-order valence-electron chi connectivity index (χ0n) is 9.98. The van der Waals surface area contributed by atoms with Crippen LogP contribution in [0.3, 0.4) is 0 Å². The van der Waals surface area contributed by atoms with Gasteiger partial charge in [0.25, 0.3) is 0 Å². The van der Waals surface area contributed by atoms with Crippen LogP contribution >= 0.6 is 0 Å². The van der Waals surface area contributed by atoms with Crippen LogP contribution in [0, 0.1) is 17.2 Å². The van der Waals surface area contributed by atoms with Gasteiger partial charge in [0.2, 0.25) is 0 Å². The fraction of sp³-hybridized carbons (Fsp3) is 0.500. The van der Waals surface area contributed by atoms with Gasteiger partial charge in [-0.3, -0.25) is 0 Å². The predicted octanol–water partition coefficient (Wildman–Crippen LogP) is 3.18. The molecule has 0 radical (unpaired) electrons. The highest BCUT2D eigenvalue weighted by Gasteiger charge is 2.24. The van der Waals surface area contributed by atoms with E-state index < -0.39 is 0 Å². The number of hydrogen-bond acceptors (Lipinski definition) is 2. The maximum atomic E-state index is 8.91. The Morgan fingerprint density at radius 3 is 2.94 bits per heavy atom. The van der Waals surface area contributed by atoms with Crippen LogP contribution < -0.4 is 4.90 Å². The summed E-state index contributed by atoms with van der Waals surface area (Å²) in [5.41, 5.74) is 1.95. The fourth-order valence-electron chi connectivity index (χ4n) is 2.45. The van der Waals surface area contributed by atoms with Crippen molar-refractivity contribution >= 4 is 5.69 Å². The van der Waals surface area contributed by atoms with E-state index in [9.17, 15) is 0 Å². The first kappa shape index (κ1) is 11.0. The topological polar surface area (TPSA) is 27.0 Å². The number of nitrogens with zero attached hydrogens (tertiary/aromatic N) is 2. The molecule has 2 heteroatoms. The van der Waals surface area contributed by atoms with E-state index in [0.717, 1.165) is 18.0 Å². The highest BCUT2D eigenvalue weighted by atomic mass is 15.2. The fourth-order valence-corrected chi connectivity index (χ4v) is 2.45. The molecule has 0 aromatic heterocycles. The minimum Gasteiger partial charge on any atom is -0.369 e. The molecule has 0 bridgehead atoms. The summed E-state index contributed by atoms with van der Waals surface area (Å²) in [6.07, 6.45) is 2.57. The minimum absolute atomic E-state index is 0.572. The van der Waals surface area contributed by atoms with E-state index in [4.69, 9.17) is 5.26 Å². The average molecular weight is 214 g/mol. The van der Waals surface area contributed by atoms with E-state index in [-0.39, 0.29) is 0 Å². The second-order valence-corrected chi connectivity index (χ2v) is 4.72. The predicted molar refractivity (Wildman–Crippen MR) is 66.4 cm³/mol. The lowest BCUT2D eigenvalue weighted by molar-refractivity contribution is 0.363. The van der Waals surface area contributed by atoms with E-state index in [2.05, 4.69) is 30.9 Å². The van der Waals surface area contributed by atoms with Crippen molar-refractivity contribution in [1.29, 1.82) is 5.26 Å².